The van der Waals surface area contributed by atoms with Crippen LogP contribution in [-0.4, -0.2) is 4.57 Å². The highest BCUT2D eigenvalue weighted by atomic mass is 15.2. The largest absolute Gasteiger partial charge is 0.337 e. The number of anilines is 1. The Labute approximate surface area is 353 Å². The summed E-state index contributed by atoms with van der Waals surface area (Å²) in [6, 6.07) is 57.3. The van der Waals surface area contributed by atoms with Crippen molar-refractivity contribution in [1.29, 1.82) is 0 Å². The summed E-state index contributed by atoms with van der Waals surface area (Å²) in [4.78, 5) is 2.56. The standard InChI is InChI=1S/C57H60N2/c1-38-16-12-21-45(32-38)53-52(34-40(3)58(53)50-28-24-47(25-29-50)55(5,6)7)44-20-14-18-42(35-44)43-19-15-23-49(36-43)57(11)37-41(4)59(54(57)46-22-13-17-39(2)33-46)51-30-26-48(27-31-51)56(8,9)10/h12-37,54H,1-11H3. The van der Waals surface area contributed by atoms with Crippen LogP contribution in [0.1, 0.15) is 101 Å². The molecular weight excluding hydrogens is 713 g/mol. The Bertz CT molecular complexity index is 2670. The molecule has 1 aliphatic heterocycles. The Hall–Kier alpha value is -5.86. The van der Waals surface area contributed by atoms with Crippen LogP contribution >= 0.6 is 0 Å². The molecule has 0 spiro atoms. The van der Waals surface area contributed by atoms with E-state index < -0.39 is 0 Å². The van der Waals surface area contributed by atoms with E-state index >= 15 is 0 Å². The quantitative estimate of drug-likeness (QED) is 0.157. The number of hydrogen-bond acceptors (Lipinski definition) is 1. The van der Waals surface area contributed by atoms with Crippen molar-refractivity contribution in [2.45, 2.75) is 98.4 Å². The molecule has 2 unspecified atom stereocenters. The van der Waals surface area contributed by atoms with Gasteiger partial charge in [-0.3, -0.25) is 0 Å². The molecule has 298 valence electrons. The normalized spacial score (nSPS) is 17.0. The van der Waals surface area contributed by atoms with Crippen LogP contribution in [0.25, 0.3) is 39.2 Å². The predicted octanol–water partition coefficient (Wildman–Crippen LogP) is 15.4. The molecule has 1 aromatic heterocycles. The zero-order chi connectivity index (χ0) is 41.9. The molecule has 0 bridgehead atoms. The first-order valence-electron chi connectivity index (χ1n) is 21.3. The van der Waals surface area contributed by atoms with Crippen molar-refractivity contribution in [2.24, 2.45) is 0 Å². The molecule has 7 aromatic rings. The fourth-order valence-electron chi connectivity index (χ4n) is 9.38. The fraction of sp³-hybridized carbons (Fsp3) is 0.263. The molecule has 8 rings (SSSR count). The molecule has 0 fully saturated rings. The molecule has 0 saturated carbocycles. The molecule has 59 heavy (non-hydrogen) atoms. The minimum absolute atomic E-state index is 0.0848. The van der Waals surface area contributed by atoms with Gasteiger partial charge in [0.2, 0.25) is 0 Å². The van der Waals surface area contributed by atoms with Crippen molar-refractivity contribution in [3.63, 3.8) is 0 Å². The summed E-state index contributed by atoms with van der Waals surface area (Å²) in [6.45, 7) is 25.0. The maximum absolute atomic E-state index is 2.56. The fourth-order valence-corrected chi connectivity index (χ4v) is 9.38. The first-order chi connectivity index (χ1) is 28.0. The zero-order valence-corrected chi connectivity index (χ0v) is 37.0. The molecule has 1 aliphatic rings. The van der Waals surface area contributed by atoms with E-state index in [0.29, 0.717) is 0 Å². The van der Waals surface area contributed by atoms with Crippen molar-refractivity contribution in [1.82, 2.24) is 4.57 Å². The SMILES string of the molecule is CC1=CC(C)(c2cccc(-c3cccc(-c4cc(C)n(-c5ccc(C(C)(C)C)cc5)c4-c4cccc(C)c4)c3)c2)C(c2cccc(C)c2)N1c1ccc(C(C)(C)C)cc1. The van der Waals surface area contributed by atoms with Gasteiger partial charge in [0.15, 0.2) is 0 Å². The van der Waals surface area contributed by atoms with Gasteiger partial charge in [0.25, 0.3) is 0 Å². The predicted molar refractivity (Wildman–Crippen MR) is 253 cm³/mol. The van der Waals surface area contributed by atoms with Gasteiger partial charge in [-0.25, -0.2) is 0 Å². The molecule has 0 saturated heterocycles. The summed E-state index contributed by atoms with van der Waals surface area (Å²) < 4.78 is 2.44. The lowest BCUT2D eigenvalue weighted by Crippen LogP contribution is -2.34. The lowest BCUT2D eigenvalue weighted by Gasteiger charge is -2.39. The lowest BCUT2D eigenvalue weighted by molar-refractivity contribution is 0.491. The molecule has 2 heteroatoms. The first kappa shape index (κ1) is 39.9. The van der Waals surface area contributed by atoms with Crippen LogP contribution in [-0.2, 0) is 16.2 Å². The molecule has 2 atom stereocenters. The zero-order valence-electron chi connectivity index (χ0n) is 37.0. The summed E-state index contributed by atoms with van der Waals surface area (Å²) in [6.07, 6.45) is 2.50. The monoisotopic (exact) mass is 772 g/mol. The van der Waals surface area contributed by atoms with Crippen molar-refractivity contribution in [3.05, 3.63) is 203 Å². The van der Waals surface area contributed by atoms with E-state index in [1.807, 2.05) is 0 Å². The van der Waals surface area contributed by atoms with Gasteiger partial charge in [-0.2, -0.15) is 0 Å². The van der Waals surface area contributed by atoms with Crippen molar-refractivity contribution in [2.75, 3.05) is 4.90 Å². The van der Waals surface area contributed by atoms with Crippen molar-refractivity contribution < 1.29 is 0 Å². The lowest BCUT2D eigenvalue weighted by atomic mass is 9.73. The van der Waals surface area contributed by atoms with E-state index in [9.17, 15) is 0 Å². The van der Waals surface area contributed by atoms with Gasteiger partial charge >= 0.3 is 0 Å². The Kier molecular flexibility index (Phi) is 10.2. The molecule has 0 radical (unpaired) electrons. The highest BCUT2D eigenvalue weighted by Gasteiger charge is 2.45. The maximum Gasteiger partial charge on any atom is 0.0717 e. The minimum atomic E-state index is -0.288. The summed E-state index contributed by atoms with van der Waals surface area (Å²) in [5.74, 6) is 0. The van der Waals surface area contributed by atoms with Gasteiger partial charge in [0.1, 0.15) is 0 Å². The van der Waals surface area contributed by atoms with Crippen LogP contribution in [0.5, 0.6) is 0 Å². The van der Waals surface area contributed by atoms with E-state index in [4.69, 9.17) is 0 Å². The van der Waals surface area contributed by atoms with E-state index in [2.05, 4.69) is 243 Å². The van der Waals surface area contributed by atoms with E-state index in [-0.39, 0.29) is 22.3 Å². The third-order valence-electron chi connectivity index (χ3n) is 12.5. The van der Waals surface area contributed by atoms with Crippen LogP contribution in [0.15, 0.2) is 163 Å². The van der Waals surface area contributed by atoms with Gasteiger partial charge in [0, 0.05) is 33.7 Å². The second kappa shape index (κ2) is 15.1. The average molecular weight is 773 g/mol. The van der Waals surface area contributed by atoms with Crippen molar-refractivity contribution >= 4 is 5.69 Å². The number of hydrogen-bond donors (Lipinski definition) is 0. The molecule has 6 aromatic carbocycles. The third kappa shape index (κ3) is 7.62. The summed E-state index contributed by atoms with van der Waals surface area (Å²) >= 11 is 0. The van der Waals surface area contributed by atoms with Crippen molar-refractivity contribution in [3.8, 4) is 39.2 Å². The number of aromatic nitrogens is 1. The third-order valence-corrected chi connectivity index (χ3v) is 12.5. The maximum atomic E-state index is 2.56. The van der Waals surface area contributed by atoms with Crippen LogP contribution in [0.3, 0.4) is 0 Å². The molecule has 0 aliphatic carbocycles. The minimum Gasteiger partial charge on any atom is -0.337 e. The Morgan fingerprint density at radius 1 is 0.492 bits per heavy atom. The molecular formula is C57H60N2. The van der Waals surface area contributed by atoms with Crippen LogP contribution in [0.4, 0.5) is 5.69 Å². The summed E-state index contributed by atoms with van der Waals surface area (Å²) in [7, 11) is 0. The van der Waals surface area contributed by atoms with Crippen LogP contribution < -0.4 is 4.90 Å². The van der Waals surface area contributed by atoms with E-state index in [1.165, 1.54) is 89.7 Å². The smallest absolute Gasteiger partial charge is 0.0717 e. The van der Waals surface area contributed by atoms with Gasteiger partial charge in [0.05, 0.1) is 11.7 Å². The second-order valence-corrected chi connectivity index (χ2v) is 19.3. The summed E-state index contributed by atoms with van der Waals surface area (Å²) in [5.41, 5.74) is 19.9. The molecule has 2 heterocycles. The number of allylic oxidation sites excluding steroid dienone is 1. The van der Waals surface area contributed by atoms with Crippen LogP contribution in [0.2, 0.25) is 0 Å². The van der Waals surface area contributed by atoms with Crippen LogP contribution in [0, 0.1) is 20.8 Å². The molecule has 0 N–H and O–H groups in total. The highest BCUT2D eigenvalue weighted by Crippen LogP contribution is 2.52. The molecule has 2 nitrogen and oxygen atoms in total. The van der Waals surface area contributed by atoms with Gasteiger partial charge in [-0.15, -0.1) is 0 Å². The molecule has 0 amide bonds. The second-order valence-electron chi connectivity index (χ2n) is 19.3. The van der Waals surface area contributed by atoms with E-state index in [0.717, 1.165) is 0 Å². The Balaban J connectivity index is 1.22. The number of benzene rings is 6. The number of aryl methyl sites for hydroxylation is 3. The van der Waals surface area contributed by atoms with Gasteiger partial charge < -0.3 is 9.47 Å². The van der Waals surface area contributed by atoms with Gasteiger partial charge in [-0.05, 0) is 132 Å². The topological polar surface area (TPSA) is 8.17 Å². The summed E-state index contributed by atoms with van der Waals surface area (Å²) in [5, 5.41) is 0. The van der Waals surface area contributed by atoms with E-state index in [1.54, 1.807) is 0 Å². The first-order valence-corrected chi connectivity index (χ1v) is 21.3. The van der Waals surface area contributed by atoms with Gasteiger partial charge in [-0.1, -0.05) is 168 Å². The average Bonchev–Trinajstić information content (AvgIpc) is 3.70. The Morgan fingerprint density at radius 3 is 1.63 bits per heavy atom. The number of rotatable bonds is 7. The number of nitrogens with zero attached hydrogens (tertiary/aromatic N) is 2. The highest BCUT2D eigenvalue weighted by molar-refractivity contribution is 5.86. The Morgan fingerprint density at radius 2 is 1.02 bits per heavy atom.